The van der Waals surface area contributed by atoms with E-state index in [9.17, 15) is 9.59 Å². The van der Waals surface area contributed by atoms with Crippen molar-refractivity contribution in [3.05, 3.63) is 54.6 Å². The smallest absolute Gasteiger partial charge is 0.305 e. The van der Waals surface area contributed by atoms with Crippen molar-refractivity contribution in [2.75, 3.05) is 4.90 Å². The summed E-state index contributed by atoms with van der Waals surface area (Å²) in [5.74, 6) is 0.0969. The minimum Gasteiger partial charge on any atom is -0.305 e. The number of imide groups is 1. The molecule has 2 fully saturated rings. The fourth-order valence-electron chi connectivity index (χ4n) is 4.09. The molecule has 3 amide bonds. The average molecular weight is 290 g/mol. The molecule has 0 saturated carbocycles. The maximum Gasteiger partial charge on any atom is 0.332 e. The maximum atomic E-state index is 12.9. The summed E-state index contributed by atoms with van der Waals surface area (Å²) in [5, 5.41) is 1.97. The summed E-state index contributed by atoms with van der Waals surface area (Å²) < 4.78 is 0. The predicted molar refractivity (Wildman–Crippen MR) is 83.5 cm³/mol. The van der Waals surface area contributed by atoms with E-state index in [4.69, 9.17) is 0 Å². The van der Waals surface area contributed by atoms with Crippen LogP contribution in [0.4, 0.5) is 10.5 Å². The topological polar surface area (TPSA) is 40.6 Å². The van der Waals surface area contributed by atoms with Gasteiger partial charge >= 0.3 is 6.03 Å². The Morgan fingerprint density at radius 2 is 1.77 bits per heavy atom. The van der Waals surface area contributed by atoms with Gasteiger partial charge in [-0.2, -0.15) is 0 Å². The van der Waals surface area contributed by atoms with Crippen molar-refractivity contribution in [3.63, 3.8) is 0 Å². The molecule has 1 aliphatic carbocycles. The molecule has 0 aromatic heterocycles. The van der Waals surface area contributed by atoms with E-state index in [-0.39, 0.29) is 29.9 Å². The third-order valence-corrected chi connectivity index (χ3v) is 5.05. The van der Waals surface area contributed by atoms with Crippen molar-refractivity contribution in [1.29, 1.82) is 0 Å². The molecule has 5 rings (SSSR count). The van der Waals surface area contributed by atoms with Crippen LogP contribution >= 0.6 is 0 Å². The van der Waals surface area contributed by atoms with E-state index in [0.29, 0.717) is 5.69 Å². The van der Waals surface area contributed by atoms with E-state index in [0.717, 1.165) is 17.2 Å². The zero-order chi connectivity index (χ0) is 14.8. The molecule has 2 saturated heterocycles. The zero-order valence-electron chi connectivity index (χ0n) is 11.8. The second-order valence-corrected chi connectivity index (χ2v) is 6.16. The molecule has 0 spiro atoms. The highest BCUT2D eigenvalue weighted by Gasteiger charge is 2.57. The SMILES string of the molecule is O=C1[C@H]2[C@@H]3C=C[C@@H](C3)N2C(=O)N1c1cccc2ccccc12. The summed E-state index contributed by atoms with van der Waals surface area (Å²) >= 11 is 0. The van der Waals surface area contributed by atoms with Gasteiger partial charge in [0.1, 0.15) is 6.04 Å². The third kappa shape index (κ3) is 1.32. The monoisotopic (exact) mass is 290 g/mol. The molecule has 3 atom stereocenters. The van der Waals surface area contributed by atoms with Gasteiger partial charge < -0.3 is 4.90 Å². The van der Waals surface area contributed by atoms with Crippen LogP contribution < -0.4 is 4.90 Å². The van der Waals surface area contributed by atoms with Crippen molar-refractivity contribution < 1.29 is 9.59 Å². The number of anilines is 1. The molecule has 4 nitrogen and oxygen atoms in total. The van der Waals surface area contributed by atoms with Gasteiger partial charge in [-0.3, -0.25) is 4.79 Å². The summed E-state index contributed by atoms with van der Waals surface area (Å²) in [7, 11) is 0. The van der Waals surface area contributed by atoms with Gasteiger partial charge in [0.2, 0.25) is 0 Å². The zero-order valence-corrected chi connectivity index (χ0v) is 11.8. The molecule has 2 aromatic rings. The second kappa shape index (κ2) is 3.97. The van der Waals surface area contributed by atoms with Gasteiger partial charge in [0.25, 0.3) is 5.91 Å². The molecule has 2 bridgehead atoms. The summed E-state index contributed by atoms with van der Waals surface area (Å²) in [6.45, 7) is 0. The Morgan fingerprint density at radius 1 is 0.955 bits per heavy atom. The van der Waals surface area contributed by atoms with Crippen molar-refractivity contribution in [2.45, 2.75) is 18.5 Å². The van der Waals surface area contributed by atoms with Crippen LogP contribution in [0.3, 0.4) is 0 Å². The maximum absolute atomic E-state index is 12.9. The van der Waals surface area contributed by atoms with E-state index in [1.54, 1.807) is 4.90 Å². The van der Waals surface area contributed by atoms with Crippen molar-refractivity contribution in [1.82, 2.24) is 4.90 Å². The Morgan fingerprint density at radius 3 is 2.64 bits per heavy atom. The first-order chi connectivity index (χ1) is 10.8. The number of carbonyl (C=O) groups is 2. The second-order valence-electron chi connectivity index (χ2n) is 6.16. The van der Waals surface area contributed by atoms with Gasteiger partial charge in [-0.05, 0) is 17.9 Å². The number of hydrogen-bond acceptors (Lipinski definition) is 2. The molecule has 22 heavy (non-hydrogen) atoms. The van der Waals surface area contributed by atoms with E-state index in [1.165, 1.54) is 4.90 Å². The quantitative estimate of drug-likeness (QED) is 0.598. The standard InChI is InChI=1S/C18H14N2O2/c21-17-16-12-8-9-13(10-12)19(16)18(22)20(17)15-7-3-5-11-4-1-2-6-14(11)15/h1-9,12-13,16H,10H2/t12-,13+,16-/m1/s1. The number of carbonyl (C=O) groups excluding carboxylic acids is 2. The molecule has 0 N–H and O–H groups in total. The molecule has 2 aliphatic heterocycles. The number of fused-ring (bicyclic) bond motifs is 6. The van der Waals surface area contributed by atoms with Crippen LogP contribution in [0, 0.1) is 5.92 Å². The van der Waals surface area contributed by atoms with Crippen LogP contribution in [0.2, 0.25) is 0 Å². The van der Waals surface area contributed by atoms with Gasteiger partial charge in [-0.1, -0.05) is 48.6 Å². The Balaban J connectivity index is 1.67. The summed E-state index contributed by atoms with van der Waals surface area (Å²) in [5.41, 5.74) is 0.696. The van der Waals surface area contributed by atoms with Gasteiger partial charge in [-0.15, -0.1) is 0 Å². The van der Waals surface area contributed by atoms with E-state index in [1.807, 2.05) is 42.5 Å². The van der Waals surface area contributed by atoms with Gasteiger partial charge in [-0.25, -0.2) is 9.69 Å². The summed E-state index contributed by atoms with van der Waals surface area (Å²) in [6.07, 6.45) is 5.04. The van der Waals surface area contributed by atoms with E-state index in [2.05, 4.69) is 12.2 Å². The molecule has 0 unspecified atom stereocenters. The van der Waals surface area contributed by atoms with Crippen LogP contribution in [0.1, 0.15) is 6.42 Å². The lowest BCUT2D eigenvalue weighted by atomic mass is 10.0. The van der Waals surface area contributed by atoms with Crippen LogP contribution in [0.25, 0.3) is 10.8 Å². The number of amides is 3. The number of benzene rings is 2. The Labute approximate surface area is 127 Å². The van der Waals surface area contributed by atoms with Crippen molar-refractivity contribution in [2.24, 2.45) is 5.92 Å². The number of urea groups is 1. The molecule has 4 heteroatoms. The van der Waals surface area contributed by atoms with Gasteiger partial charge in [0.15, 0.2) is 0 Å². The Kier molecular flexibility index (Phi) is 2.16. The minimum atomic E-state index is -0.304. The highest BCUT2D eigenvalue weighted by atomic mass is 16.2. The lowest BCUT2D eigenvalue weighted by molar-refractivity contribution is -0.119. The van der Waals surface area contributed by atoms with Gasteiger partial charge in [0, 0.05) is 11.3 Å². The number of hydrogen-bond donors (Lipinski definition) is 0. The number of nitrogens with zero attached hydrogens (tertiary/aromatic N) is 2. The van der Waals surface area contributed by atoms with Crippen LogP contribution in [-0.4, -0.2) is 28.9 Å². The minimum absolute atomic E-state index is 0.0850. The first-order valence-corrected chi connectivity index (χ1v) is 7.58. The van der Waals surface area contributed by atoms with Gasteiger partial charge in [0.05, 0.1) is 11.7 Å². The molecule has 3 aliphatic rings. The van der Waals surface area contributed by atoms with Crippen molar-refractivity contribution in [3.8, 4) is 0 Å². The van der Waals surface area contributed by atoms with Crippen LogP contribution in [0.5, 0.6) is 0 Å². The largest absolute Gasteiger partial charge is 0.332 e. The van der Waals surface area contributed by atoms with E-state index >= 15 is 0 Å². The Bertz CT molecular complexity index is 822. The highest BCUT2D eigenvalue weighted by molar-refractivity contribution is 6.25. The lowest BCUT2D eigenvalue weighted by Crippen LogP contribution is -2.38. The highest BCUT2D eigenvalue weighted by Crippen LogP contribution is 2.44. The lowest BCUT2D eigenvalue weighted by Gasteiger charge is -2.22. The predicted octanol–water partition coefficient (Wildman–Crippen LogP) is 2.94. The molecule has 108 valence electrons. The van der Waals surface area contributed by atoms with Crippen LogP contribution in [-0.2, 0) is 4.79 Å². The fraction of sp³-hybridized carbons (Fsp3) is 0.222. The normalized spacial score (nSPS) is 29.0. The first kappa shape index (κ1) is 12.0. The van der Waals surface area contributed by atoms with Crippen LogP contribution in [0.15, 0.2) is 54.6 Å². The molecule has 0 radical (unpaired) electrons. The molecule has 2 aromatic carbocycles. The summed E-state index contributed by atoms with van der Waals surface area (Å²) in [4.78, 5) is 28.8. The first-order valence-electron chi connectivity index (χ1n) is 7.58. The molecule has 2 heterocycles. The fourth-order valence-corrected chi connectivity index (χ4v) is 4.09. The van der Waals surface area contributed by atoms with Crippen molar-refractivity contribution >= 4 is 28.4 Å². The molecular formula is C18H14N2O2. The number of rotatable bonds is 1. The third-order valence-electron chi connectivity index (χ3n) is 5.05. The summed E-state index contributed by atoms with van der Waals surface area (Å²) in [6, 6.07) is 13.2. The average Bonchev–Trinajstić information content (AvgIpc) is 3.21. The Hall–Kier alpha value is -2.62. The molecular weight excluding hydrogens is 276 g/mol. The van der Waals surface area contributed by atoms with E-state index < -0.39 is 0 Å².